The Labute approximate surface area is 174 Å². The van der Waals surface area contributed by atoms with E-state index in [1.54, 1.807) is 11.8 Å². The third-order valence-electron chi connectivity index (χ3n) is 3.94. The predicted octanol–water partition coefficient (Wildman–Crippen LogP) is 5.46. The average Bonchev–Trinajstić information content (AvgIpc) is 3.09. The summed E-state index contributed by atoms with van der Waals surface area (Å²) in [4.78, 5) is 0. The van der Waals surface area contributed by atoms with E-state index in [0.29, 0.717) is 6.61 Å². The third-order valence-corrected chi connectivity index (χ3v) is 5.19. The highest BCUT2D eigenvalue weighted by molar-refractivity contribution is 7.98. The van der Waals surface area contributed by atoms with Crippen LogP contribution in [-0.4, -0.2) is 27.7 Å². The molecular formula is C21H23ClN4OS. The smallest absolute Gasteiger partial charge is 0.212 e. The van der Waals surface area contributed by atoms with Gasteiger partial charge in [0.25, 0.3) is 0 Å². The van der Waals surface area contributed by atoms with Gasteiger partial charge in [-0.05, 0) is 60.9 Å². The zero-order valence-corrected chi connectivity index (χ0v) is 17.6. The Morgan fingerprint density at radius 3 is 2.50 bits per heavy atom. The zero-order chi connectivity index (χ0) is 19.8. The molecule has 0 spiro atoms. The van der Waals surface area contributed by atoms with E-state index in [4.69, 9.17) is 16.3 Å². The molecule has 1 aromatic heterocycles. The maximum absolute atomic E-state index is 5.96. The summed E-state index contributed by atoms with van der Waals surface area (Å²) in [6.45, 7) is 4.75. The topological polar surface area (TPSA) is 52.3 Å². The summed E-state index contributed by atoms with van der Waals surface area (Å²) in [6, 6.07) is 15.7. The van der Waals surface area contributed by atoms with Crippen LogP contribution in [0.25, 0.3) is 0 Å². The van der Waals surface area contributed by atoms with Crippen LogP contribution in [0.4, 0.5) is 0 Å². The van der Waals surface area contributed by atoms with E-state index in [1.165, 1.54) is 5.56 Å². The number of nitrogens with zero attached hydrogens (tertiary/aromatic N) is 4. The standard InChI is InChI=1S/C21H23ClN4OS/c1-3-5-20-24-25-21(28-15-17-6-10-18(22)11-7-17)26(20)23-14-16-8-12-19(13-9-16)27-4-2/h6-14H,3-5,15H2,1-2H3/b23-14+. The molecule has 0 saturated heterocycles. The summed E-state index contributed by atoms with van der Waals surface area (Å²) in [5, 5.41) is 14.8. The van der Waals surface area contributed by atoms with E-state index in [9.17, 15) is 0 Å². The van der Waals surface area contributed by atoms with Crippen molar-refractivity contribution < 1.29 is 4.74 Å². The number of benzene rings is 2. The van der Waals surface area contributed by atoms with Gasteiger partial charge in [-0.1, -0.05) is 42.4 Å². The van der Waals surface area contributed by atoms with E-state index in [2.05, 4.69) is 22.2 Å². The molecule has 0 unspecified atom stereocenters. The summed E-state index contributed by atoms with van der Waals surface area (Å²) in [5.74, 6) is 2.50. The van der Waals surface area contributed by atoms with Crippen molar-refractivity contribution in [2.75, 3.05) is 6.61 Å². The number of aryl methyl sites for hydroxylation is 1. The maximum atomic E-state index is 5.96. The second-order valence-corrected chi connectivity index (χ2v) is 7.50. The van der Waals surface area contributed by atoms with Crippen LogP contribution in [-0.2, 0) is 12.2 Å². The molecule has 3 rings (SSSR count). The monoisotopic (exact) mass is 414 g/mol. The second-order valence-electron chi connectivity index (χ2n) is 6.12. The van der Waals surface area contributed by atoms with Gasteiger partial charge in [-0.2, -0.15) is 9.78 Å². The largest absolute Gasteiger partial charge is 0.494 e. The minimum atomic E-state index is 0.655. The minimum Gasteiger partial charge on any atom is -0.494 e. The Kier molecular flexibility index (Phi) is 7.51. The quantitative estimate of drug-likeness (QED) is 0.344. The molecule has 0 N–H and O–H groups in total. The summed E-state index contributed by atoms with van der Waals surface area (Å²) in [6.07, 6.45) is 3.64. The number of aromatic nitrogens is 3. The molecule has 7 heteroatoms. The summed E-state index contributed by atoms with van der Waals surface area (Å²) in [7, 11) is 0. The molecule has 0 aliphatic rings. The summed E-state index contributed by atoms with van der Waals surface area (Å²) in [5.41, 5.74) is 2.17. The molecule has 0 atom stereocenters. The van der Waals surface area contributed by atoms with Crippen molar-refractivity contribution in [3.63, 3.8) is 0 Å². The van der Waals surface area contributed by atoms with Crippen LogP contribution in [0.3, 0.4) is 0 Å². The summed E-state index contributed by atoms with van der Waals surface area (Å²) >= 11 is 7.57. The van der Waals surface area contributed by atoms with E-state index >= 15 is 0 Å². The van der Waals surface area contributed by atoms with E-state index in [0.717, 1.165) is 45.9 Å². The van der Waals surface area contributed by atoms with Crippen LogP contribution in [0, 0.1) is 0 Å². The molecule has 0 amide bonds. The molecule has 3 aromatic rings. The molecular weight excluding hydrogens is 392 g/mol. The molecule has 1 heterocycles. The Bertz CT molecular complexity index is 907. The zero-order valence-electron chi connectivity index (χ0n) is 16.0. The van der Waals surface area contributed by atoms with Gasteiger partial charge in [0.15, 0.2) is 5.82 Å². The van der Waals surface area contributed by atoms with Crippen molar-refractivity contribution in [2.45, 2.75) is 37.6 Å². The number of rotatable bonds is 9. The van der Waals surface area contributed by atoms with Crippen molar-refractivity contribution in [1.82, 2.24) is 14.9 Å². The number of hydrogen-bond acceptors (Lipinski definition) is 5. The normalized spacial score (nSPS) is 11.2. The van der Waals surface area contributed by atoms with Gasteiger partial charge in [0.05, 0.1) is 12.8 Å². The lowest BCUT2D eigenvalue weighted by molar-refractivity contribution is 0.340. The first kappa shape index (κ1) is 20.4. The lowest BCUT2D eigenvalue weighted by atomic mass is 10.2. The first-order valence-corrected chi connectivity index (χ1v) is 10.6. The molecule has 0 bridgehead atoms. The van der Waals surface area contributed by atoms with Gasteiger partial charge >= 0.3 is 0 Å². The van der Waals surface area contributed by atoms with Crippen LogP contribution in [0.15, 0.2) is 58.8 Å². The molecule has 5 nitrogen and oxygen atoms in total. The van der Waals surface area contributed by atoms with Crippen LogP contribution >= 0.6 is 23.4 Å². The molecule has 146 valence electrons. The van der Waals surface area contributed by atoms with Gasteiger partial charge < -0.3 is 4.74 Å². The predicted molar refractivity (Wildman–Crippen MR) is 116 cm³/mol. The van der Waals surface area contributed by atoms with Gasteiger partial charge in [0.1, 0.15) is 5.75 Å². The lowest BCUT2D eigenvalue weighted by Crippen LogP contribution is -2.00. The van der Waals surface area contributed by atoms with Gasteiger partial charge in [-0.15, -0.1) is 10.2 Å². The van der Waals surface area contributed by atoms with E-state index in [-0.39, 0.29) is 0 Å². The first-order chi connectivity index (χ1) is 13.7. The second kappa shape index (κ2) is 10.3. The number of halogens is 1. The lowest BCUT2D eigenvalue weighted by Gasteiger charge is -2.05. The molecule has 0 aliphatic carbocycles. The van der Waals surface area contributed by atoms with Crippen LogP contribution in [0.2, 0.25) is 5.02 Å². The maximum Gasteiger partial charge on any atom is 0.212 e. The molecule has 2 aromatic carbocycles. The Morgan fingerprint density at radius 1 is 1.07 bits per heavy atom. The van der Waals surface area contributed by atoms with Gasteiger partial charge in [-0.3, -0.25) is 0 Å². The van der Waals surface area contributed by atoms with Crippen LogP contribution in [0.5, 0.6) is 5.75 Å². The van der Waals surface area contributed by atoms with E-state index in [1.807, 2.05) is 66.3 Å². The SMILES string of the molecule is CCCc1nnc(SCc2ccc(Cl)cc2)n1/N=C/c1ccc(OCC)cc1. The fourth-order valence-electron chi connectivity index (χ4n) is 2.55. The van der Waals surface area contributed by atoms with Crippen molar-refractivity contribution in [1.29, 1.82) is 0 Å². The van der Waals surface area contributed by atoms with Gasteiger partial charge in [0.2, 0.25) is 5.16 Å². The first-order valence-electron chi connectivity index (χ1n) is 9.28. The average molecular weight is 415 g/mol. The number of hydrogen-bond donors (Lipinski definition) is 0. The van der Waals surface area contributed by atoms with Crippen LogP contribution < -0.4 is 4.74 Å². The molecule has 0 fully saturated rings. The highest BCUT2D eigenvalue weighted by atomic mass is 35.5. The fourth-order valence-corrected chi connectivity index (χ4v) is 3.54. The highest BCUT2D eigenvalue weighted by Gasteiger charge is 2.11. The Morgan fingerprint density at radius 2 is 1.82 bits per heavy atom. The highest BCUT2D eigenvalue weighted by Crippen LogP contribution is 2.23. The van der Waals surface area contributed by atoms with Gasteiger partial charge in [-0.25, -0.2) is 0 Å². The molecule has 0 radical (unpaired) electrons. The number of thioether (sulfide) groups is 1. The van der Waals surface area contributed by atoms with Gasteiger partial charge in [0, 0.05) is 17.2 Å². The van der Waals surface area contributed by atoms with Crippen molar-refractivity contribution in [3.8, 4) is 5.75 Å². The molecule has 28 heavy (non-hydrogen) atoms. The summed E-state index contributed by atoms with van der Waals surface area (Å²) < 4.78 is 7.32. The van der Waals surface area contributed by atoms with Crippen molar-refractivity contribution >= 4 is 29.6 Å². The van der Waals surface area contributed by atoms with E-state index < -0.39 is 0 Å². The molecule has 0 aliphatic heterocycles. The fraction of sp³-hybridized carbons (Fsp3) is 0.286. The third kappa shape index (κ3) is 5.59. The Hall–Kier alpha value is -2.31. The Balaban J connectivity index is 1.75. The van der Waals surface area contributed by atoms with Crippen molar-refractivity contribution in [2.24, 2.45) is 5.10 Å². The molecule has 0 saturated carbocycles. The minimum absolute atomic E-state index is 0.655. The van der Waals surface area contributed by atoms with Crippen LogP contribution in [0.1, 0.15) is 37.2 Å². The number of ether oxygens (including phenoxy) is 1. The van der Waals surface area contributed by atoms with Crippen molar-refractivity contribution in [3.05, 3.63) is 70.5 Å².